The van der Waals surface area contributed by atoms with Crippen LogP contribution in [-0.2, 0) is 12.0 Å². The SMILES string of the molecule is OC(Cc1ccccc1)(c1ccccc1)C1CCC1. The molecule has 0 amide bonds. The van der Waals surface area contributed by atoms with Gasteiger partial charge in [-0.1, -0.05) is 67.1 Å². The summed E-state index contributed by atoms with van der Waals surface area (Å²) < 4.78 is 0. The molecule has 0 aromatic heterocycles. The Morgan fingerprint density at radius 1 is 0.895 bits per heavy atom. The van der Waals surface area contributed by atoms with Crippen LogP contribution in [0.2, 0.25) is 0 Å². The zero-order valence-electron chi connectivity index (χ0n) is 11.1. The first kappa shape index (κ1) is 12.4. The van der Waals surface area contributed by atoms with Crippen LogP contribution in [0.5, 0.6) is 0 Å². The van der Waals surface area contributed by atoms with Crippen molar-refractivity contribution in [3.05, 3.63) is 71.8 Å². The monoisotopic (exact) mass is 252 g/mol. The highest BCUT2D eigenvalue weighted by molar-refractivity contribution is 5.28. The Bertz CT molecular complexity index is 516. The predicted octanol–water partition coefficient (Wildman–Crippen LogP) is 3.92. The van der Waals surface area contributed by atoms with Crippen LogP contribution in [0.15, 0.2) is 60.7 Å². The molecule has 0 bridgehead atoms. The Balaban J connectivity index is 1.93. The van der Waals surface area contributed by atoms with E-state index in [4.69, 9.17) is 0 Å². The van der Waals surface area contributed by atoms with Crippen molar-refractivity contribution in [1.82, 2.24) is 0 Å². The number of rotatable bonds is 4. The standard InChI is InChI=1S/C18H20O/c19-18(17-12-7-13-17,16-10-5-2-6-11-16)14-15-8-3-1-4-9-15/h1-6,8-11,17,19H,7,12-14H2. The molecule has 1 saturated carbocycles. The minimum atomic E-state index is -0.707. The molecular weight excluding hydrogens is 232 g/mol. The van der Waals surface area contributed by atoms with Gasteiger partial charge >= 0.3 is 0 Å². The molecule has 0 aliphatic heterocycles. The van der Waals surface area contributed by atoms with Gasteiger partial charge in [-0.2, -0.15) is 0 Å². The molecule has 0 radical (unpaired) electrons. The maximum Gasteiger partial charge on any atom is 0.0964 e. The molecular formula is C18H20O. The van der Waals surface area contributed by atoms with Crippen LogP contribution in [0.3, 0.4) is 0 Å². The summed E-state index contributed by atoms with van der Waals surface area (Å²) in [5.41, 5.74) is 1.56. The molecule has 19 heavy (non-hydrogen) atoms. The van der Waals surface area contributed by atoms with Gasteiger partial charge in [0.25, 0.3) is 0 Å². The maximum atomic E-state index is 11.3. The minimum Gasteiger partial charge on any atom is -0.385 e. The topological polar surface area (TPSA) is 20.2 Å². The van der Waals surface area contributed by atoms with Crippen LogP contribution in [0.1, 0.15) is 30.4 Å². The van der Waals surface area contributed by atoms with E-state index in [2.05, 4.69) is 24.3 Å². The second-order valence-corrected chi connectivity index (χ2v) is 5.58. The largest absolute Gasteiger partial charge is 0.385 e. The van der Waals surface area contributed by atoms with Crippen LogP contribution in [0.4, 0.5) is 0 Å². The third-order valence-corrected chi connectivity index (χ3v) is 4.37. The third-order valence-electron chi connectivity index (χ3n) is 4.37. The molecule has 0 heterocycles. The smallest absolute Gasteiger partial charge is 0.0964 e. The van der Waals surface area contributed by atoms with E-state index in [1.165, 1.54) is 12.0 Å². The summed E-state index contributed by atoms with van der Waals surface area (Å²) in [5.74, 6) is 0.398. The van der Waals surface area contributed by atoms with Crippen molar-refractivity contribution < 1.29 is 5.11 Å². The summed E-state index contributed by atoms with van der Waals surface area (Å²) in [6.45, 7) is 0. The molecule has 1 aliphatic rings. The summed E-state index contributed by atoms with van der Waals surface area (Å²) in [6.07, 6.45) is 4.23. The molecule has 3 rings (SSSR count). The Morgan fingerprint density at radius 2 is 1.47 bits per heavy atom. The summed E-state index contributed by atoms with van der Waals surface area (Å²) >= 11 is 0. The lowest BCUT2D eigenvalue weighted by atomic mass is 9.67. The number of benzene rings is 2. The fourth-order valence-corrected chi connectivity index (χ4v) is 3.00. The van der Waals surface area contributed by atoms with Crippen LogP contribution in [0, 0.1) is 5.92 Å². The second kappa shape index (κ2) is 5.18. The highest BCUT2D eigenvalue weighted by atomic mass is 16.3. The van der Waals surface area contributed by atoms with E-state index in [1.807, 2.05) is 36.4 Å². The van der Waals surface area contributed by atoms with Gasteiger partial charge < -0.3 is 5.11 Å². The lowest BCUT2D eigenvalue weighted by Gasteiger charge is -2.42. The zero-order valence-corrected chi connectivity index (χ0v) is 11.1. The Labute approximate surface area is 114 Å². The molecule has 0 spiro atoms. The van der Waals surface area contributed by atoms with Crippen molar-refractivity contribution in [2.45, 2.75) is 31.3 Å². The minimum absolute atomic E-state index is 0.398. The Hall–Kier alpha value is -1.60. The van der Waals surface area contributed by atoms with Gasteiger partial charge in [0.15, 0.2) is 0 Å². The van der Waals surface area contributed by atoms with Gasteiger partial charge in [0, 0.05) is 6.42 Å². The first-order chi connectivity index (χ1) is 9.29. The van der Waals surface area contributed by atoms with Crippen molar-refractivity contribution in [2.75, 3.05) is 0 Å². The molecule has 1 heteroatoms. The molecule has 2 aromatic rings. The van der Waals surface area contributed by atoms with Crippen molar-refractivity contribution in [2.24, 2.45) is 5.92 Å². The van der Waals surface area contributed by atoms with Gasteiger partial charge in [0.1, 0.15) is 0 Å². The van der Waals surface area contributed by atoms with Gasteiger partial charge in [0.2, 0.25) is 0 Å². The summed E-state index contributed by atoms with van der Waals surface area (Å²) in [5, 5.41) is 11.3. The van der Waals surface area contributed by atoms with Crippen LogP contribution >= 0.6 is 0 Å². The lowest BCUT2D eigenvalue weighted by molar-refractivity contribution is -0.0561. The number of hydrogen-bond acceptors (Lipinski definition) is 1. The normalized spacial score (nSPS) is 18.6. The molecule has 1 aliphatic carbocycles. The van der Waals surface area contributed by atoms with Crippen molar-refractivity contribution in [3.8, 4) is 0 Å². The van der Waals surface area contributed by atoms with E-state index in [0.29, 0.717) is 12.3 Å². The Kier molecular flexibility index (Phi) is 3.39. The number of aliphatic hydroxyl groups is 1. The van der Waals surface area contributed by atoms with Crippen LogP contribution < -0.4 is 0 Å². The highest BCUT2D eigenvalue weighted by Gasteiger charge is 2.41. The molecule has 0 saturated heterocycles. The van der Waals surface area contributed by atoms with Crippen molar-refractivity contribution in [1.29, 1.82) is 0 Å². The number of hydrogen-bond donors (Lipinski definition) is 1. The van der Waals surface area contributed by atoms with Crippen molar-refractivity contribution >= 4 is 0 Å². The molecule has 1 fully saturated rings. The van der Waals surface area contributed by atoms with Crippen LogP contribution in [0.25, 0.3) is 0 Å². The van der Waals surface area contributed by atoms with E-state index >= 15 is 0 Å². The van der Waals surface area contributed by atoms with Gasteiger partial charge in [-0.05, 0) is 29.9 Å². The zero-order chi connectivity index (χ0) is 13.1. The van der Waals surface area contributed by atoms with E-state index in [-0.39, 0.29) is 0 Å². The molecule has 98 valence electrons. The average Bonchev–Trinajstić information content (AvgIpc) is 2.39. The predicted molar refractivity (Wildman–Crippen MR) is 77.8 cm³/mol. The maximum absolute atomic E-state index is 11.3. The molecule has 1 N–H and O–H groups in total. The fourth-order valence-electron chi connectivity index (χ4n) is 3.00. The third kappa shape index (κ3) is 2.43. The lowest BCUT2D eigenvalue weighted by Crippen LogP contribution is -2.41. The summed E-state index contributed by atoms with van der Waals surface area (Å²) in [7, 11) is 0. The first-order valence-corrected chi connectivity index (χ1v) is 7.11. The molecule has 2 aromatic carbocycles. The Morgan fingerprint density at radius 3 is 2.00 bits per heavy atom. The van der Waals surface area contributed by atoms with E-state index in [0.717, 1.165) is 18.4 Å². The average molecular weight is 252 g/mol. The summed E-state index contributed by atoms with van der Waals surface area (Å²) in [4.78, 5) is 0. The molecule has 1 nitrogen and oxygen atoms in total. The second-order valence-electron chi connectivity index (χ2n) is 5.58. The van der Waals surface area contributed by atoms with E-state index in [1.54, 1.807) is 0 Å². The molecule has 1 unspecified atom stereocenters. The van der Waals surface area contributed by atoms with Gasteiger partial charge in [-0.3, -0.25) is 0 Å². The summed E-state index contributed by atoms with van der Waals surface area (Å²) in [6, 6.07) is 20.5. The van der Waals surface area contributed by atoms with Gasteiger partial charge in [-0.15, -0.1) is 0 Å². The van der Waals surface area contributed by atoms with Crippen LogP contribution in [-0.4, -0.2) is 5.11 Å². The molecule has 1 atom stereocenters. The van der Waals surface area contributed by atoms with Gasteiger partial charge in [-0.25, -0.2) is 0 Å². The highest BCUT2D eigenvalue weighted by Crippen LogP contribution is 2.44. The van der Waals surface area contributed by atoms with E-state index in [9.17, 15) is 5.11 Å². The van der Waals surface area contributed by atoms with E-state index < -0.39 is 5.60 Å². The van der Waals surface area contributed by atoms with Crippen molar-refractivity contribution in [3.63, 3.8) is 0 Å². The fraction of sp³-hybridized carbons (Fsp3) is 0.333. The quantitative estimate of drug-likeness (QED) is 0.874. The van der Waals surface area contributed by atoms with Gasteiger partial charge in [0.05, 0.1) is 5.60 Å². The first-order valence-electron chi connectivity index (χ1n) is 7.11.